The molecule has 0 bridgehead atoms. The minimum atomic E-state index is -0.234. The zero-order valence-corrected chi connectivity index (χ0v) is 19.2. The van der Waals surface area contributed by atoms with Crippen molar-refractivity contribution >= 4 is 57.0 Å². The molecule has 5 rings (SSSR count). The monoisotopic (exact) mass is 484 g/mol. The first kappa shape index (κ1) is 21.9. The second-order valence-corrected chi connectivity index (χ2v) is 9.36. The van der Waals surface area contributed by atoms with Crippen molar-refractivity contribution in [1.82, 2.24) is 10.6 Å². The maximum Gasteiger partial charge on any atom is 0.287 e. The van der Waals surface area contributed by atoms with Crippen molar-refractivity contribution in [2.75, 3.05) is 6.54 Å². The Morgan fingerprint density at radius 2 is 1.33 bits per heavy atom. The van der Waals surface area contributed by atoms with E-state index < -0.39 is 0 Å². The molecule has 1 fully saturated rings. The lowest BCUT2D eigenvalue weighted by Crippen LogP contribution is -2.39. The van der Waals surface area contributed by atoms with Crippen LogP contribution in [0.25, 0.3) is 21.9 Å². The minimum absolute atomic E-state index is 0.0846. The Kier molecular flexibility index (Phi) is 6.04. The Morgan fingerprint density at radius 3 is 1.91 bits per heavy atom. The maximum atomic E-state index is 12.6. The topological polar surface area (TPSA) is 84.5 Å². The van der Waals surface area contributed by atoms with Crippen LogP contribution in [0.5, 0.6) is 0 Å². The molecule has 0 unspecified atom stereocenters. The maximum absolute atomic E-state index is 12.6. The average molecular weight is 485 g/mol. The van der Waals surface area contributed by atoms with E-state index in [9.17, 15) is 9.59 Å². The highest BCUT2D eigenvalue weighted by Crippen LogP contribution is 2.27. The minimum Gasteiger partial charge on any atom is -0.451 e. The van der Waals surface area contributed by atoms with E-state index in [-0.39, 0.29) is 29.4 Å². The van der Waals surface area contributed by atoms with E-state index in [1.54, 1.807) is 48.5 Å². The lowest BCUT2D eigenvalue weighted by molar-refractivity contribution is 0.0893. The predicted octanol–water partition coefficient (Wildman–Crippen LogP) is 6.20. The summed E-state index contributed by atoms with van der Waals surface area (Å²) in [4.78, 5) is 25.1. The van der Waals surface area contributed by atoms with Crippen molar-refractivity contribution in [1.29, 1.82) is 0 Å². The van der Waals surface area contributed by atoms with Gasteiger partial charge in [-0.15, -0.1) is 0 Å². The van der Waals surface area contributed by atoms with E-state index in [2.05, 4.69) is 10.6 Å². The second kappa shape index (κ2) is 9.12. The summed E-state index contributed by atoms with van der Waals surface area (Å²) in [7, 11) is 0. The molecule has 2 aromatic carbocycles. The van der Waals surface area contributed by atoms with Gasteiger partial charge in [-0.1, -0.05) is 23.2 Å². The number of hydrogen-bond donors (Lipinski definition) is 2. The number of nitrogens with one attached hydrogen (secondary N) is 2. The summed E-state index contributed by atoms with van der Waals surface area (Å²) in [6.07, 6.45) is 3.52. The molecule has 4 aromatic rings. The SMILES string of the molecule is O=C(NCC1CCC(NC(=O)c2cc3cc(Cl)ccc3o2)CC1)c1cc2cc(Cl)ccc2o1. The third-order valence-electron chi connectivity index (χ3n) is 6.14. The van der Waals surface area contributed by atoms with Crippen molar-refractivity contribution in [2.45, 2.75) is 31.7 Å². The highest BCUT2D eigenvalue weighted by atomic mass is 35.5. The van der Waals surface area contributed by atoms with Crippen LogP contribution in [0, 0.1) is 5.92 Å². The summed E-state index contributed by atoms with van der Waals surface area (Å²) < 4.78 is 11.3. The summed E-state index contributed by atoms with van der Waals surface area (Å²) in [5.41, 5.74) is 1.27. The lowest BCUT2D eigenvalue weighted by Gasteiger charge is -2.28. The second-order valence-electron chi connectivity index (χ2n) is 8.49. The molecule has 33 heavy (non-hydrogen) atoms. The highest BCUT2D eigenvalue weighted by Gasteiger charge is 2.25. The molecule has 2 heterocycles. The molecule has 2 amide bonds. The van der Waals surface area contributed by atoms with E-state index in [0.29, 0.717) is 33.7 Å². The summed E-state index contributed by atoms with van der Waals surface area (Å²) >= 11 is 12.0. The molecule has 0 saturated heterocycles. The van der Waals surface area contributed by atoms with Gasteiger partial charge in [0, 0.05) is 33.4 Å². The Balaban J connectivity index is 1.10. The number of carbonyl (C=O) groups excluding carboxylic acids is 2. The first-order valence-corrected chi connectivity index (χ1v) is 11.7. The quantitative estimate of drug-likeness (QED) is 0.352. The fourth-order valence-electron chi connectivity index (χ4n) is 4.34. The van der Waals surface area contributed by atoms with Gasteiger partial charge in [-0.3, -0.25) is 9.59 Å². The number of carbonyl (C=O) groups is 2. The van der Waals surface area contributed by atoms with Crippen molar-refractivity contribution in [3.05, 3.63) is 70.1 Å². The molecular weight excluding hydrogens is 463 g/mol. The van der Waals surface area contributed by atoms with E-state index in [1.165, 1.54) is 0 Å². The average Bonchev–Trinajstić information content (AvgIpc) is 3.42. The van der Waals surface area contributed by atoms with Crippen LogP contribution in [0.4, 0.5) is 0 Å². The van der Waals surface area contributed by atoms with E-state index in [4.69, 9.17) is 32.0 Å². The predicted molar refractivity (Wildman–Crippen MR) is 128 cm³/mol. The summed E-state index contributed by atoms with van der Waals surface area (Å²) in [6.45, 7) is 0.571. The molecular formula is C25H22Cl2N2O4. The van der Waals surface area contributed by atoms with Gasteiger partial charge in [0.05, 0.1) is 0 Å². The molecule has 1 aliphatic carbocycles. The van der Waals surface area contributed by atoms with E-state index in [0.717, 1.165) is 36.5 Å². The number of halogens is 2. The van der Waals surface area contributed by atoms with Crippen LogP contribution in [-0.2, 0) is 0 Å². The highest BCUT2D eigenvalue weighted by molar-refractivity contribution is 6.31. The molecule has 0 radical (unpaired) electrons. The normalized spacial score (nSPS) is 18.5. The van der Waals surface area contributed by atoms with Crippen LogP contribution in [0.3, 0.4) is 0 Å². The van der Waals surface area contributed by atoms with Gasteiger partial charge in [0.25, 0.3) is 11.8 Å². The molecule has 0 aliphatic heterocycles. The molecule has 2 N–H and O–H groups in total. The third-order valence-corrected chi connectivity index (χ3v) is 6.61. The van der Waals surface area contributed by atoms with Crippen LogP contribution in [-0.4, -0.2) is 24.4 Å². The number of hydrogen-bond acceptors (Lipinski definition) is 4. The summed E-state index contributed by atoms with van der Waals surface area (Å²) in [5, 5.41) is 8.84. The van der Waals surface area contributed by atoms with Gasteiger partial charge in [0.2, 0.25) is 0 Å². The van der Waals surface area contributed by atoms with Crippen LogP contribution in [0.15, 0.2) is 57.4 Å². The first-order chi connectivity index (χ1) is 15.9. The van der Waals surface area contributed by atoms with E-state index in [1.807, 2.05) is 0 Å². The number of furan rings is 2. The Hall–Kier alpha value is -2.96. The molecule has 0 atom stereocenters. The zero-order chi connectivity index (χ0) is 22.9. The molecule has 0 spiro atoms. The molecule has 170 valence electrons. The standard InChI is InChI=1S/C25H22Cl2N2O4/c26-17-3-7-20-15(9-17)11-22(32-20)24(30)28-13-14-1-5-19(6-2-14)29-25(31)23-12-16-10-18(27)4-8-21(16)33-23/h3-4,7-12,14,19H,1-2,5-6,13H2,(H,28,30)(H,29,31). The molecule has 8 heteroatoms. The molecule has 2 aromatic heterocycles. The van der Waals surface area contributed by atoms with Gasteiger partial charge in [-0.2, -0.15) is 0 Å². The number of benzene rings is 2. The number of amides is 2. The zero-order valence-electron chi connectivity index (χ0n) is 17.7. The van der Waals surface area contributed by atoms with Gasteiger partial charge < -0.3 is 19.5 Å². The summed E-state index contributed by atoms with van der Waals surface area (Å²) in [5.74, 6) is 0.468. The smallest absolute Gasteiger partial charge is 0.287 e. The molecule has 1 aliphatic rings. The molecule has 6 nitrogen and oxygen atoms in total. The van der Waals surface area contributed by atoms with Gasteiger partial charge in [0.1, 0.15) is 11.2 Å². The Labute approximate surface area is 200 Å². The summed E-state index contributed by atoms with van der Waals surface area (Å²) in [6, 6.07) is 14.0. The molecule has 1 saturated carbocycles. The van der Waals surface area contributed by atoms with Crippen molar-refractivity contribution < 1.29 is 18.4 Å². The Bertz CT molecular complexity index is 1330. The Morgan fingerprint density at radius 1 is 0.788 bits per heavy atom. The van der Waals surface area contributed by atoms with Crippen LogP contribution < -0.4 is 10.6 Å². The van der Waals surface area contributed by atoms with Gasteiger partial charge in [0.15, 0.2) is 11.5 Å². The van der Waals surface area contributed by atoms with Gasteiger partial charge in [-0.05, 0) is 80.1 Å². The third kappa shape index (κ3) is 4.87. The fraction of sp³-hybridized carbons (Fsp3) is 0.280. The first-order valence-electron chi connectivity index (χ1n) is 10.9. The number of fused-ring (bicyclic) bond motifs is 2. The van der Waals surface area contributed by atoms with Crippen molar-refractivity contribution in [3.8, 4) is 0 Å². The largest absolute Gasteiger partial charge is 0.451 e. The fourth-order valence-corrected chi connectivity index (χ4v) is 4.70. The lowest BCUT2D eigenvalue weighted by atomic mass is 9.86. The van der Waals surface area contributed by atoms with Crippen LogP contribution in [0.1, 0.15) is 46.8 Å². The van der Waals surface area contributed by atoms with Crippen LogP contribution in [0.2, 0.25) is 10.0 Å². The van der Waals surface area contributed by atoms with Gasteiger partial charge in [-0.25, -0.2) is 0 Å². The number of rotatable bonds is 5. The van der Waals surface area contributed by atoms with Crippen molar-refractivity contribution in [2.24, 2.45) is 5.92 Å². The van der Waals surface area contributed by atoms with Gasteiger partial charge >= 0.3 is 0 Å². The van der Waals surface area contributed by atoms with Crippen molar-refractivity contribution in [3.63, 3.8) is 0 Å². The van der Waals surface area contributed by atoms with E-state index >= 15 is 0 Å². The van der Waals surface area contributed by atoms with Crippen LogP contribution >= 0.6 is 23.2 Å².